The second kappa shape index (κ2) is 5.98. The molecule has 0 aliphatic rings. The lowest BCUT2D eigenvalue weighted by molar-refractivity contribution is 0.583. The predicted molar refractivity (Wildman–Crippen MR) is 75.9 cm³/mol. The molecule has 1 N–H and O–H groups in total. The zero-order valence-electron chi connectivity index (χ0n) is 10.7. The van der Waals surface area contributed by atoms with Crippen molar-refractivity contribution in [3.05, 3.63) is 64.4 Å². The Bertz CT molecular complexity index is 525. The van der Waals surface area contributed by atoms with Crippen LogP contribution in [0, 0.1) is 6.92 Å². The Hall–Kier alpha value is -1.38. The molecule has 94 valence electrons. The second-order valence-electron chi connectivity index (χ2n) is 4.33. The predicted octanol–water partition coefficient (Wildman–Crippen LogP) is 3.55. The van der Waals surface area contributed by atoms with Gasteiger partial charge in [-0.05, 0) is 37.2 Å². The molecule has 2 nitrogen and oxygen atoms in total. The third kappa shape index (κ3) is 2.89. The van der Waals surface area contributed by atoms with Crippen molar-refractivity contribution in [3.63, 3.8) is 0 Å². The average Bonchev–Trinajstić information content (AvgIpc) is 2.39. The van der Waals surface area contributed by atoms with Crippen molar-refractivity contribution in [2.75, 3.05) is 7.05 Å². The Labute approximate surface area is 113 Å². The van der Waals surface area contributed by atoms with Crippen LogP contribution in [0.15, 0.2) is 42.6 Å². The molecule has 0 aliphatic heterocycles. The molecule has 2 rings (SSSR count). The third-order valence-corrected chi connectivity index (χ3v) is 3.49. The van der Waals surface area contributed by atoms with Crippen molar-refractivity contribution in [1.29, 1.82) is 0 Å². The maximum absolute atomic E-state index is 6.24. The molecule has 1 aromatic carbocycles. The van der Waals surface area contributed by atoms with Crippen LogP contribution in [0.5, 0.6) is 0 Å². The van der Waals surface area contributed by atoms with Gasteiger partial charge in [-0.3, -0.25) is 4.98 Å². The first kappa shape index (κ1) is 13.1. The molecule has 0 saturated carbocycles. The van der Waals surface area contributed by atoms with E-state index in [4.69, 9.17) is 11.6 Å². The average molecular weight is 261 g/mol. The minimum absolute atomic E-state index is 0.187. The molecule has 0 spiro atoms. The number of benzene rings is 1. The Kier molecular flexibility index (Phi) is 4.34. The maximum atomic E-state index is 6.24. The highest BCUT2D eigenvalue weighted by Gasteiger charge is 2.14. The summed E-state index contributed by atoms with van der Waals surface area (Å²) in [5.41, 5.74) is 3.44. The van der Waals surface area contributed by atoms with Crippen LogP contribution in [0.3, 0.4) is 0 Å². The highest BCUT2D eigenvalue weighted by atomic mass is 35.5. The van der Waals surface area contributed by atoms with Crippen LogP contribution in [0.25, 0.3) is 0 Å². The Morgan fingerprint density at radius 2 is 2.00 bits per heavy atom. The number of nitrogens with one attached hydrogen (secondary N) is 1. The van der Waals surface area contributed by atoms with E-state index >= 15 is 0 Å². The summed E-state index contributed by atoms with van der Waals surface area (Å²) >= 11 is 6.24. The highest BCUT2D eigenvalue weighted by molar-refractivity contribution is 6.31. The smallest absolute Gasteiger partial charge is 0.0453 e. The zero-order chi connectivity index (χ0) is 13.0. The minimum Gasteiger partial charge on any atom is -0.313 e. The monoisotopic (exact) mass is 260 g/mol. The second-order valence-corrected chi connectivity index (χ2v) is 4.74. The maximum Gasteiger partial charge on any atom is 0.0453 e. The Balaban J connectivity index is 2.26. The number of hydrogen-bond donors (Lipinski definition) is 1. The van der Waals surface area contributed by atoms with Crippen LogP contribution < -0.4 is 5.32 Å². The van der Waals surface area contributed by atoms with E-state index < -0.39 is 0 Å². The highest BCUT2D eigenvalue weighted by Crippen LogP contribution is 2.25. The molecule has 0 aliphatic carbocycles. The number of pyridine rings is 1. The molecular weight excluding hydrogens is 244 g/mol. The van der Waals surface area contributed by atoms with Gasteiger partial charge in [-0.1, -0.05) is 35.9 Å². The number of rotatable bonds is 4. The molecule has 0 bridgehead atoms. The van der Waals surface area contributed by atoms with E-state index in [0.717, 1.165) is 22.7 Å². The first-order valence-corrected chi connectivity index (χ1v) is 6.42. The SMILES string of the molecule is CNC(Cc1ncccc1C)c1ccccc1Cl. The van der Waals surface area contributed by atoms with Crippen LogP contribution in [0.2, 0.25) is 5.02 Å². The van der Waals surface area contributed by atoms with E-state index in [0.29, 0.717) is 0 Å². The van der Waals surface area contributed by atoms with Crippen molar-refractivity contribution in [2.45, 2.75) is 19.4 Å². The molecule has 0 radical (unpaired) electrons. The van der Waals surface area contributed by atoms with Crippen molar-refractivity contribution < 1.29 is 0 Å². The molecule has 2 aromatic rings. The van der Waals surface area contributed by atoms with Crippen LogP contribution in [-0.2, 0) is 6.42 Å². The lowest BCUT2D eigenvalue weighted by Crippen LogP contribution is -2.20. The quantitative estimate of drug-likeness (QED) is 0.910. The fraction of sp³-hybridized carbons (Fsp3) is 0.267. The molecule has 18 heavy (non-hydrogen) atoms. The zero-order valence-corrected chi connectivity index (χ0v) is 11.4. The van der Waals surface area contributed by atoms with Crippen LogP contribution >= 0.6 is 11.6 Å². The fourth-order valence-electron chi connectivity index (χ4n) is 2.05. The van der Waals surface area contributed by atoms with E-state index in [1.165, 1.54) is 5.56 Å². The fourth-order valence-corrected chi connectivity index (χ4v) is 2.32. The molecule has 0 saturated heterocycles. The van der Waals surface area contributed by atoms with E-state index in [1.54, 1.807) is 0 Å². The van der Waals surface area contributed by atoms with E-state index in [2.05, 4.69) is 29.4 Å². The van der Waals surface area contributed by atoms with Gasteiger partial charge in [0.2, 0.25) is 0 Å². The van der Waals surface area contributed by atoms with Gasteiger partial charge in [-0.25, -0.2) is 0 Å². The van der Waals surface area contributed by atoms with Crippen LogP contribution in [-0.4, -0.2) is 12.0 Å². The number of aromatic nitrogens is 1. The van der Waals surface area contributed by atoms with Crippen LogP contribution in [0.1, 0.15) is 22.9 Å². The molecule has 0 fully saturated rings. The summed E-state index contributed by atoms with van der Waals surface area (Å²) in [6.07, 6.45) is 2.68. The van der Waals surface area contributed by atoms with Gasteiger partial charge in [-0.2, -0.15) is 0 Å². The van der Waals surface area contributed by atoms with Gasteiger partial charge in [0.15, 0.2) is 0 Å². The Morgan fingerprint density at radius 1 is 1.22 bits per heavy atom. The first-order valence-electron chi connectivity index (χ1n) is 6.04. The van der Waals surface area contributed by atoms with Gasteiger partial charge < -0.3 is 5.32 Å². The molecule has 1 heterocycles. The van der Waals surface area contributed by atoms with E-state index in [-0.39, 0.29) is 6.04 Å². The Morgan fingerprint density at radius 3 is 2.67 bits per heavy atom. The molecular formula is C15H17ClN2. The summed E-state index contributed by atoms with van der Waals surface area (Å²) in [6, 6.07) is 12.2. The van der Waals surface area contributed by atoms with Gasteiger partial charge in [0, 0.05) is 29.4 Å². The van der Waals surface area contributed by atoms with Crippen molar-refractivity contribution >= 4 is 11.6 Å². The lowest BCUT2D eigenvalue weighted by atomic mass is 10.00. The molecule has 0 amide bonds. The van der Waals surface area contributed by atoms with Gasteiger partial charge >= 0.3 is 0 Å². The lowest BCUT2D eigenvalue weighted by Gasteiger charge is -2.18. The van der Waals surface area contributed by atoms with Gasteiger partial charge in [0.1, 0.15) is 0 Å². The normalized spacial score (nSPS) is 12.4. The summed E-state index contributed by atoms with van der Waals surface area (Å²) in [5, 5.41) is 4.11. The van der Waals surface area contributed by atoms with Crippen molar-refractivity contribution in [1.82, 2.24) is 10.3 Å². The van der Waals surface area contributed by atoms with E-state index in [9.17, 15) is 0 Å². The van der Waals surface area contributed by atoms with Crippen molar-refractivity contribution in [3.8, 4) is 0 Å². The van der Waals surface area contributed by atoms with E-state index in [1.807, 2.05) is 37.5 Å². The number of likely N-dealkylation sites (N-methyl/N-ethyl adjacent to an activating group) is 1. The molecule has 1 unspecified atom stereocenters. The van der Waals surface area contributed by atoms with Crippen molar-refractivity contribution in [2.24, 2.45) is 0 Å². The topological polar surface area (TPSA) is 24.9 Å². The largest absolute Gasteiger partial charge is 0.313 e. The first-order chi connectivity index (χ1) is 8.72. The summed E-state index contributed by atoms with van der Waals surface area (Å²) in [6.45, 7) is 2.08. The standard InChI is InChI=1S/C15H17ClN2/c1-11-6-5-9-18-14(11)10-15(17-2)12-7-3-4-8-13(12)16/h3-9,15,17H,10H2,1-2H3. The number of nitrogens with zero attached hydrogens (tertiary/aromatic N) is 1. The summed E-state index contributed by atoms with van der Waals surface area (Å²) in [7, 11) is 1.95. The summed E-state index contributed by atoms with van der Waals surface area (Å²) in [5.74, 6) is 0. The van der Waals surface area contributed by atoms with Gasteiger partial charge in [0.05, 0.1) is 0 Å². The molecule has 3 heteroatoms. The summed E-state index contributed by atoms with van der Waals surface area (Å²) < 4.78 is 0. The number of halogens is 1. The van der Waals surface area contributed by atoms with Gasteiger partial charge in [0.25, 0.3) is 0 Å². The summed E-state index contributed by atoms with van der Waals surface area (Å²) in [4.78, 5) is 4.44. The third-order valence-electron chi connectivity index (χ3n) is 3.14. The number of aryl methyl sites for hydroxylation is 1. The van der Waals surface area contributed by atoms with Crippen LogP contribution in [0.4, 0.5) is 0 Å². The minimum atomic E-state index is 0.187. The molecule has 1 aromatic heterocycles. The molecule has 1 atom stereocenters. The number of hydrogen-bond acceptors (Lipinski definition) is 2. The van der Waals surface area contributed by atoms with Gasteiger partial charge in [-0.15, -0.1) is 0 Å².